The number of aromatic nitrogens is 1. The Morgan fingerprint density at radius 1 is 1.34 bits per heavy atom. The van der Waals surface area contributed by atoms with E-state index in [1.807, 2.05) is 30.3 Å². The highest BCUT2D eigenvalue weighted by Gasteiger charge is 2.41. The van der Waals surface area contributed by atoms with Crippen LogP contribution in [-0.2, 0) is 17.5 Å². The van der Waals surface area contributed by atoms with Gasteiger partial charge in [0.05, 0.1) is 23.2 Å². The van der Waals surface area contributed by atoms with Crippen LogP contribution >= 0.6 is 0 Å². The smallest absolute Gasteiger partial charge is 0.420 e. The number of nitrogens with one attached hydrogen (secondary N) is 1. The van der Waals surface area contributed by atoms with Gasteiger partial charge in [0.15, 0.2) is 0 Å². The summed E-state index contributed by atoms with van der Waals surface area (Å²) in [4.78, 5) is 24.7. The molecule has 172 valence electrons. The lowest BCUT2D eigenvalue weighted by Gasteiger charge is -2.36. The molecule has 0 radical (unpaired) electrons. The summed E-state index contributed by atoms with van der Waals surface area (Å²) in [6.45, 7) is 6.92. The fourth-order valence-electron chi connectivity index (χ4n) is 2.99. The molecule has 1 unspecified atom stereocenters. The van der Waals surface area contributed by atoms with Crippen LogP contribution < -0.4 is 5.32 Å². The highest BCUT2D eigenvalue weighted by molar-refractivity contribution is 5.91. The molecule has 0 spiro atoms. The number of nitrogens with zero attached hydrogens (tertiary/aromatic N) is 2. The Bertz CT molecular complexity index is 994. The molecule has 1 aromatic heterocycles. The number of rotatable bonds is 10. The van der Waals surface area contributed by atoms with Crippen molar-refractivity contribution in [3.05, 3.63) is 76.0 Å². The molecule has 0 aliphatic rings. The molecular weight excluding hydrogens is 431 g/mol. The van der Waals surface area contributed by atoms with Crippen LogP contribution in [0.3, 0.4) is 0 Å². The molecule has 0 fully saturated rings. The van der Waals surface area contributed by atoms with Gasteiger partial charge in [0.1, 0.15) is 11.4 Å². The summed E-state index contributed by atoms with van der Waals surface area (Å²) in [5.74, 6) is -2.67. The summed E-state index contributed by atoms with van der Waals surface area (Å²) in [5.41, 5.74) is -4.16. The number of ether oxygens (including phenoxy) is 1. The summed E-state index contributed by atoms with van der Waals surface area (Å²) < 4.78 is 46.8. The van der Waals surface area contributed by atoms with E-state index in [1.54, 1.807) is 13.8 Å². The SMILES string of the molecule is C=CCC(OCc1ccccc1)C(C)(C)Nc1nc(C(=O)O)c([N+](=O)[O-])cc1C(F)(F)F. The van der Waals surface area contributed by atoms with Crippen molar-refractivity contribution >= 4 is 17.5 Å². The van der Waals surface area contributed by atoms with Crippen LogP contribution in [0, 0.1) is 10.1 Å². The van der Waals surface area contributed by atoms with Gasteiger partial charge in [-0.25, -0.2) is 9.78 Å². The van der Waals surface area contributed by atoms with Gasteiger partial charge < -0.3 is 15.2 Å². The third-order valence-electron chi connectivity index (χ3n) is 4.63. The van der Waals surface area contributed by atoms with Gasteiger partial charge in [0.2, 0.25) is 5.69 Å². The van der Waals surface area contributed by atoms with Crippen molar-refractivity contribution in [3.63, 3.8) is 0 Å². The van der Waals surface area contributed by atoms with Gasteiger partial charge in [0, 0.05) is 6.07 Å². The van der Waals surface area contributed by atoms with Crippen molar-refractivity contribution in [2.45, 2.75) is 44.7 Å². The highest BCUT2D eigenvalue weighted by atomic mass is 19.4. The second-order valence-electron chi connectivity index (χ2n) is 7.47. The lowest BCUT2D eigenvalue weighted by atomic mass is 9.93. The summed E-state index contributed by atoms with van der Waals surface area (Å²) in [7, 11) is 0. The van der Waals surface area contributed by atoms with Gasteiger partial charge in [-0.2, -0.15) is 13.2 Å². The van der Waals surface area contributed by atoms with Gasteiger partial charge in [0.25, 0.3) is 0 Å². The normalized spacial score (nSPS) is 12.8. The lowest BCUT2D eigenvalue weighted by Crippen LogP contribution is -2.46. The molecule has 32 heavy (non-hydrogen) atoms. The first-order valence-corrected chi connectivity index (χ1v) is 9.41. The maximum Gasteiger partial charge on any atom is 0.420 e. The van der Waals surface area contributed by atoms with E-state index in [1.165, 1.54) is 6.08 Å². The molecule has 0 bridgehead atoms. The largest absolute Gasteiger partial charge is 0.476 e. The number of nitro groups is 1. The topological polar surface area (TPSA) is 115 Å². The average molecular weight is 453 g/mol. The molecule has 1 heterocycles. The Labute approximate surface area is 181 Å². The van der Waals surface area contributed by atoms with Crippen LogP contribution in [0.25, 0.3) is 0 Å². The number of carboxylic acids is 1. The third-order valence-corrected chi connectivity index (χ3v) is 4.63. The number of aromatic carboxylic acids is 1. The van der Waals surface area contributed by atoms with Crippen LogP contribution in [0.4, 0.5) is 24.7 Å². The first kappa shape index (κ1) is 24.8. The van der Waals surface area contributed by atoms with Crippen molar-refractivity contribution in [2.24, 2.45) is 0 Å². The summed E-state index contributed by atoms with van der Waals surface area (Å²) >= 11 is 0. The van der Waals surface area contributed by atoms with Crippen molar-refractivity contribution < 1.29 is 32.7 Å². The maximum absolute atomic E-state index is 13.6. The van der Waals surface area contributed by atoms with E-state index in [9.17, 15) is 33.2 Å². The van der Waals surface area contributed by atoms with Crippen molar-refractivity contribution in [2.75, 3.05) is 5.32 Å². The van der Waals surface area contributed by atoms with Crippen LogP contribution in [0.15, 0.2) is 49.1 Å². The quantitative estimate of drug-likeness (QED) is 0.294. The standard InChI is InChI=1S/C21H22F3N3O5/c1-4-8-16(32-12-13-9-6-5-7-10-13)20(2,3)26-18-14(21(22,23)24)11-15(27(30)31)17(25-18)19(28)29/h4-7,9-11,16H,1,8,12H2,2-3H3,(H,25,26)(H,28,29). The number of hydrogen-bond acceptors (Lipinski definition) is 6. The monoisotopic (exact) mass is 453 g/mol. The Kier molecular flexibility index (Phi) is 7.57. The number of pyridine rings is 1. The predicted octanol–water partition coefficient (Wildman–Crippen LogP) is 5.06. The van der Waals surface area contributed by atoms with Crippen molar-refractivity contribution in [1.29, 1.82) is 0 Å². The summed E-state index contributed by atoms with van der Waals surface area (Å²) in [5, 5.41) is 22.9. The van der Waals surface area contributed by atoms with Gasteiger partial charge in [-0.15, -0.1) is 6.58 Å². The third kappa shape index (κ3) is 6.03. The van der Waals surface area contributed by atoms with Crippen molar-refractivity contribution in [1.82, 2.24) is 4.98 Å². The van der Waals surface area contributed by atoms with Crippen LogP contribution in [-0.4, -0.2) is 32.6 Å². The number of anilines is 1. The second-order valence-corrected chi connectivity index (χ2v) is 7.47. The van der Waals surface area contributed by atoms with Gasteiger partial charge in [-0.05, 0) is 25.8 Å². The zero-order valence-electron chi connectivity index (χ0n) is 17.3. The van der Waals surface area contributed by atoms with Crippen LogP contribution in [0.1, 0.15) is 41.9 Å². The van der Waals surface area contributed by atoms with E-state index in [0.717, 1.165) is 5.56 Å². The van der Waals surface area contributed by atoms with E-state index in [0.29, 0.717) is 0 Å². The van der Waals surface area contributed by atoms with Gasteiger partial charge in [-0.1, -0.05) is 36.4 Å². The number of carboxylic acid groups (broad SMARTS) is 1. The van der Waals surface area contributed by atoms with E-state index in [2.05, 4.69) is 16.9 Å². The molecule has 1 atom stereocenters. The molecule has 2 aromatic rings. The first-order chi connectivity index (χ1) is 14.9. The fraction of sp³-hybridized carbons (Fsp3) is 0.333. The molecular formula is C21H22F3N3O5. The minimum atomic E-state index is -5.02. The number of halogens is 3. The van der Waals surface area contributed by atoms with Crippen LogP contribution in [0.2, 0.25) is 0 Å². The molecule has 11 heteroatoms. The van der Waals surface area contributed by atoms with Crippen molar-refractivity contribution in [3.8, 4) is 0 Å². The van der Waals surface area contributed by atoms with Crippen LogP contribution in [0.5, 0.6) is 0 Å². The molecule has 0 aliphatic heterocycles. The number of benzene rings is 1. The van der Waals surface area contributed by atoms with Gasteiger partial charge >= 0.3 is 17.8 Å². The average Bonchev–Trinajstić information content (AvgIpc) is 2.70. The Balaban J connectivity index is 2.45. The first-order valence-electron chi connectivity index (χ1n) is 9.41. The molecule has 2 N–H and O–H groups in total. The molecule has 0 saturated heterocycles. The Hall–Kier alpha value is -3.47. The summed E-state index contributed by atoms with van der Waals surface area (Å²) in [6.07, 6.45) is -3.92. The minimum Gasteiger partial charge on any atom is -0.476 e. The zero-order valence-corrected chi connectivity index (χ0v) is 17.3. The minimum absolute atomic E-state index is 0.169. The molecule has 2 rings (SSSR count). The van der Waals surface area contributed by atoms with Gasteiger partial charge in [-0.3, -0.25) is 10.1 Å². The number of carbonyl (C=O) groups is 1. The number of hydrogen-bond donors (Lipinski definition) is 2. The number of alkyl halides is 3. The fourth-order valence-corrected chi connectivity index (χ4v) is 2.99. The lowest BCUT2D eigenvalue weighted by molar-refractivity contribution is -0.385. The second kappa shape index (κ2) is 9.77. The summed E-state index contributed by atoms with van der Waals surface area (Å²) in [6, 6.07) is 9.27. The van der Waals surface area contributed by atoms with E-state index >= 15 is 0 Å². The molecule has 0 amide bonds. The molecule has 0 aliphatic carbocycles. The van der Waals surface area contributed by atoms with E-state index in [-0.39, 0.29) is 19.1 Å². The van der Waals surface area contributed by atoms with E-state index < -0.39 is 51.5 Å². The Morgan fingerprint density at radius 2 is 1.97 bits per heavy atom. The molecule has 0 saturated carbocycles. The highest BCUT2D eigenvalue weighted by Crippen LogP contribution is 2.38. The Morgan fingerprint density at radius 3 is 2.47 bits per heavy atom. The van der Waals surface area contributed by atoms with E-state index in [4.69, 9.17) is 4.74 Å². The maximum atomic E-state index is 13.6. The molecule has 1 aromatic carbocycles. The molecule has 8 nitrogen and oxygen atoms in total. The zero-order chi connectivity index (χ0) is 24.1. The predicted molar refractivity (Wildman–Crippen MR) is 110 cm³/mol.